The second kappa shape index (κ2) is 5.68. The maximum absolute atomic E-state index is 11.5. The quantitative estimate of drug-likeness (QED) is 0.736. The van der Waals surface area contributed by atoms with Gasteiger partial charge in [0.25, 0.3) is 0 Å². The third kappa shape index (κ3) is 2.62. The van der Waals surface area contributed by atoms with Crippen molar-refractivity contribution in [1.82, 2.24) is 24.8 Å². The van der Waals surface area contributed by atoms with Gasteiger partial charge in [-0.25, -0.2) is 9.31 Å². The van der Waals surface area contributed by atoms with Crippen LogP contribution in [0.4, 0.5) is 11.8 Å². The van der Waals surface area contributed by atoms with Gasteiger partial charge in [0.2, 0.25) is 10.9 Å². The number of rotatable bonds is 4. The Kier molecular flexibility index (Phi) is 3.72. The minimum atomic E-state index is -0.492. The first-order valence-electron chi connectivity index (χ1n) is 6.69. The summed E-state index contributed by atoms with van der Waals surface area (Å²) in [5.41, 5.74) is 1.22. The maximum atomic E-state index is 11.5. The van der Waals surface area contributed by atoms with Gasteiger partial charge in [-0.05, 0) is 32.9 Å². The fourth-order valence-corrected chi connectivity index (χ4v) is 2.73. The lowest BCUT2D eigenvalue weighted by Gasteiger charge is -2.02. The van der Waals surface area contributed by atoms with Crippen molar-refractivity contribution in [3.8, 4) is 0 Å². The van der Waals surface area contributed by atoms with Gasteiger partial charge in [-0.15, -0.1) is 15.3 Å². The van der Waals surface area contributed by atoms with Gasteiger partial charge in [0.15, 0.2) is 11.5 Å². The van der Waals surface area contributed by atoms with Crippen LogP contribution in [0.1, 0.15) is 28.0 Å². The van der Waals surface area contributed by atoms with E-state index in [-0.39, 0.29) is 5.69 Å². The first-order chi connectivity index (χ1) is 10.6. The molecule has 22 heavy (non-hydrogen) atoms. The molecule has 3 aromatic rings. The van der Waals surface area contributed by atoms with Crippen LogP contribution in [0.5, 0.6) is 0 Å². The normalized spacial score (nSPS) is 10.9. The highest BCUT2D eigenvalue weighted by Gasteiger charge is 2.12. The van der Waals surface area contributed by atoms with E-state index >= 15 is 0 Å². The summed E-state index contributed by atoms with van der Waals surface area (Å²) in [6, 6.07) is 3.17. The second-order valence-electron chi connectivity index (χ2n) is 4.52. The van der Waals surface area contributed by atoms with E-state index < -0.39 is 5.97 Å². The molecule has 0 aliphatic carbocycles. The smallest absolute Gasteiger partial charge is 0.358 e. The van der Waals surface area contributed by atoms with E-state index in [1.54, 1.807) is 34.9 Å². The SMILES string of the molecule is CCOC(=O)c1ccc(Nc2nc3sc(C)c(C)n3n2)nn1. The van der Waals surface area contributed by atoms with Crippen molar-refractivity contribution in [3.05, 3.63) is 28.4 Å². The van der Waals surface area contributed by atoms with Gasteiger partial charge in [0.1, 0.15) is 0 Å². The van der Waals surface area contributed by atoms with Crippen LogP contribution in [0.2, 0.25) is 0 Å². The predicted octanol–water partition coefficient (Wildman–Crippen LogP) is 2.12. The summed E-state index contributed by atoms with van der Waals surface area (Å²) in [4.78, 5) is 17.9. The number of esters is 1. The van der Waals surface area contributed by atoms with Crippen LogP contribution in [0, 0.1) is 13.8 Å². The molecule has 0 spiro atoms. The zero-order chi connectivity index (χ0) is 15.7. The number of hydrogen-bond acceptors (Lipinski definition) is 8. The fourth-order valence-electron chi connectivity index (χ4n) is 1.82. The molecule has 0 radical (unpaired) electrons. The van der Waals surface area contributed by atoms with Crippen LogP contribution < -0.4 is 5.32 Å². The Balaban J connectivity index is 1.78. The molecule has 0 unspecified atom stereocenters. The Morgan fingerprint density at radius 2 is 2.18 bits per heavy atom. The Labute approximate surface area is 130 Å². The Morgan fingerprint density at radius 3 is 2.82 bits per heavy atom. The molecule has 0 aliphatic rings. The average Bonchev–Trinajstić information content (AvgIpc) is 3.00. The monoisotopic (exact) mass is 318 g/mol. The molecule has 0 aliphatic heterocycles. The van der Waals surface area contributed by atoms with Crippen molar-refractivity contribution in [3.63, 3.8) is 0 Å². The molecule has 114 valence electrons. The molecule has 0 aromatic carbocycles. The van der Waals surface area contributed by atoms with E-state index in [0.29, 0.717) is 18.4 Å². The van der Waals surface area contributed by atoms with E-state index in [9.17, 15) is 4.79 Å². The third-order valence-electron chi connectivity index (χ3n) is 3.04. The molecule has 9 heteroatoms. The molecule has 3 heterocycles. The molecule has 0 amide bonds. The van der Waals surface area contributed by atoms with Crippen LogP contribution in [-0.2, 0) is 4.74 Å². The maximum Gasteiger partial charge on any atom is 0.358 e. The largest absolute Gasteiger partial charge is 0.461 e. The molecule has 1 N–H and O–H groups in total. The molecule has 8 nitrogen and oxygen atoms in total. The number of thiazole rings is 1. The molecule has 0 bridgehead atoms. The van der Waals surface area contributed by atoms with E-state index in [1.807, 2.05) is 13.8 Å². The number of aryl methyl sites for hydroxylation is 2. The van der Waals surface area contributed by atoms with E-state index in [2.05, 4.69) is 25.6 Å². The molecule has 0 saturated carbocycles. The standard InChI is InChI=1S/C13H14N6O2S/c1-4-21-11(20)9-5-6-10(17-16-9)14-12-15-13-19(18-12)7(2)8(3)22-13/h5-6H,4H2,1-3H3,(H,14,17,18). The summed E-state index contributed by atoms with van der Waals surface area (Å²) in [6.07, 6.45) is 0. The summed E-state index contributed by atoms with van der Waals surface area (Å²) in [7, 11) is 0. The van der Waals surface area contributed by atoms with Crippen molar-refractivity contribution >= 4 is 34.0 Å². The lowest BCUT2D eigenvalue weighted by molar-refractivity contribution is 0.0518. The van der Waals surface area contributed by atoms with Crippen molar-refractivity contribution in [2.24, 2.45) is 0 Å². The van der Waals surface area contributed by atoms with E-state index in [0.717, 1.165) is 10.7 Å². The zero-order valence-corrected chi connectivity index (χ0v) is 13.1. The minimum Gasteiger partial charge on any atom is -0.461 e. The molecule has 0 atom stereocenters. The Morgan fingerprint density at radius 1 is 1.36 bits per heavy atom. The highest BCUT2D eigenvalue weighted by molar-refractivity contribution is 7.17. The number of nitrogens with one attached hydrogen (secondary N) is 1. The van der Waals surface area contributed by atoms with Gasteiger partial charge < -0.3 is 10.1 Å². The van der Waals surface area contributed by atoms with Gasteiger partial charge >= 0.3 is 5.97 Å². The van der Waals surface area contributed by atoms with Crippen molar-refractivity contribution < 1.29 is 9.53 Å². The van der Waals surface area contributed by atoms with Crippen LogP contribution >= 0.6 is 11.3 Å². The lowest BCUT2D eigenvalue weighted by atomic mass is 10.4. The first kappa shape index (κ1) is 14.4. The highest BCUT2D eigenvalue weighted by Crippen LogP contribution is 2.22. The number of anilines is 2. The second-order valence-corrected chi connectivity index (χ2v) is 5.70. The predicted molar refractivity (Wildman–Crippen MR) is 81.6 cm³/mol. The first-order valence-corrected chi connectivity index (χ1v) is 7.50. The minimum absolute atomic E-state index is 0.164. The number of aromatic nitrogens is 5. The summed E-state index contributed by atoms with van der Waals surface area (Å²) >= 11 is 1.57. The van der Waals surface area contributed by atoms with Crippen molar-refractivity contribution in [2.45, 2.75) is 20.8 Å². The van der Waals surface area contributed by atoms with Crippen LogP contribution in [0.25, 0.3) is 4.96 Å². The molecular weight excluding hydrogens is 304 g/mol. The van der Waals surface area contributed by atoms with E-state index in [1.165, 1.54) is 4.88 Å². The molecular formula is C13H14N6O2S. The number of carbonyl (C=O) groups excluding carboxylic acids is 1. The zero-order valence-electron chi connectivity index (χ0n) is 12.3. The third-order valence-corrected chi connectivity index (χ3v) is 4.09. The van der Waals surface area contributed by atoms with Crippen LogP contribution in [-0.4, -0.2) is 37.4 Å². The summed E-state index contributed by atoms with van der Waals surface area (Å²) in [6.45, 7) is 6.06. The Hall–Kier alpha value is -2.55. The summed E-state index contributed by atoms with van der Waals surface area (Å²) in [5, 5.41) is 15.1. The number of carbonyl (C=O) groups is 1. The topological polar surface area (TPSA) is 94.3 Å². The van der Waals surface area contributed by atoms with Gasteiger partial charge in [-0.1, -0.05) is 11.3 Å². The summed E-state index contributed by atoms with van der Waals surface area (Å²) < 4.78 is 6.63. The van der Waals surface area contributed by atoms with Crippen molar-refractivity contribution in [2.75, 3.05) is 11.9 Å². The fraction of sp³-hybridized carbons (Fsp3) is 0.308. The molecule has 0 fully saturated rings. The number of fused-ring (bicyclic) bond motifs is 1. The number of hydrogen-bond donors (Lipinski definition) is 1. The highest BCUT2D eigenvalue weighted by atomic mass is 32.1. The Bertz CT molecular complexity index is 823. The van der Waals surface area contributed by atoms with E-state index in [4.69, 9.17) is 4.74 Å². The van der Waals surface area contributed by atoms with Gasteiger partial charge in [0, 0.05) is 4.88 Å². The number of ether oxygens (including phenoxy) is 1. The van der Waals surface area contributed by atoms with Gasteiger partial charge in [0.05, 0.1) is 12.3 Å². The average molecular weight is 318 g/mol. The molecule has 3 aromatic heterocycles. The van der Waals surface area contributed by atoms with Crippen molar-refractivity contribution in [1.29, 1.82) is 0 Å². The van der Waals surface area contributed by atoms with Crippen LogP contribution in [0.15, 0.2) is 12.1 Å². The van der Waals surface area contributed by atoms with Gasteiger partial charge in [-0.3, -0.25) is 0 Å². The molecule has 0 saturated heterocycles. The van der Waals surface area contributed by atoms with Gasteiger partial charge in [-0.2, -0.15) is 4.98 Å². The summed E-state index contributed by atoms with van der Waals surface area (Å²) in [5.74, 6) is 0.404. The number of nitrogens with zero attached hydrogens (tertiary/aromatic N) is 5. The molecule has 3 rings (SSSR count). The lowest BCUT2D eigenvalue weighted by Crippen LogP contribution is -2.08. The van der Waals surface area contributed by atoms with Crippen LogP contribution in [0.3, 0.4) is 0 Å².